The van der Waals surface area contributed by atoms with E-state index in [0.29, 0.717) is 6.04 Å². The Morgan fingerprint density at radius 2 is 2.00 bits per heavy atom. The van der Waals surface area contributed by atoms with Crippen molar-refractivity contribution in [3.8, 4) is 0 Å². The van der Waals surface area contributed by atoms with Crippen LogP contribution in [-0.4, -0.2) is 71.3 Å². The monoisotopic (exact) mass is 289 g/mol. The van der Waals surface area contributed by atoms with Gasteiger partial charge in [-0.3, -0.25) is 4.21 Å². The third kappa shape index (κ3) is 5.48. The number of nitrogens with one attached hydrogen (secondary N) is 1. The number of piperidine rings is 1. The van der Waals surface area contributed by atoms with E-state index in [2.05, 4.69) is 5.32 Å². The van der Waals surface area contributed by atoms with Crippen LogP contribution in [0.4, 0.5) is 4.79 Å². The molecule has 1 N–H and O–H groups in total. The molecule has 1 heterocycles. The van der Waals surface area contributed by atoms with Gasteiger partial charge >= 0.3 is 6.03 Å². The molecule has 1 aliphatic rings. The van der Waals surface area contributed by atoms with E-state index in [4.69, 9.17) is 0 Å². The van der Waals surface area contributed by atoms with E-state index in [1.165, 1.54) is 0 Å². The van der Waals surface area contributed by atoms with Crippen LogP contribution < -0.4 is 5.32 Å². The molecule has 2 atom stereocenters. The van der Waals surface area contributed by atoms with Crippen LogP contribution in [0.5, 0.6) is 0 Å². The van der Waals surface area contributed by atoms with Crippen LogP contribution in [0, 0.1) is 0 Å². The lowest BCUT2D eigenvalue weighted by Crippen LogP contribution is -2.48. The first-order valence-electron chi connectivity index (χ1n) is 6.93. The highest BCUT2D eigenvalue weighted by atomic mass is 32.2. The molecule has 5 nitrogen and oxygen atoms in total. The van der Waals surface area contributed by atoms with Gasteiger partial charge in [0.05, 0.1) is 0 Å². The zero-order chi connectivity index (χ0) is 14.4. The van der Waals surface area contributed by atoms with Crippen molar-refractivity contribution in [3.63, 3.8) is 0 Å². The normalized spacial score (nSPS) is 20.1. The van der Waals surface area contributed by atoms with E-state index in [1.807, 2.05) is 11.8 Å². The Labute approximate surface area is 119 Å². The molecule has 0 aromatic carbocycles. The minimum Gasteiger partial charge on any atom is -0.331 e. The minimum absolute atomic E-state index is 0.105. The molecule has 1 saturated heterocycles. The molecule has 2 amide bonds. The standard InChI is InChI=1S/C13H27N3O2S/c1-11(19(4)18)5-8-14-12-6-9-16(10-7-12)13(17)15(2)3/h11-12,14H,5-10H2,1-4H3. The second kappa shape index (κ2) is 7.85. The van der Waals surface area contributed by atoms with Gasteiger partial charge in [-0.1, -0.05) is 6.92 Å². The molecule has 0 aromatic rings. The fourth-order valence-electron chi connectivity index (χ4n) is 2.21. The van der Waals surface area contributed by atoms with Crippen LogP contribution in [0.15, 0.2) is 0 Å². The molecule has 112 valence electrons. The maximum absolute atomic E-state index is 11.8. The van der Waals surface area contributed by atoms with E-state index in [9.17, 15) is 9.00 Å². The molecule has 1 aliphatic heterocycles. The number of rotatable bonds is 5. The van der Waals surface area contributed by atoms with Crippen molar-refractivity contribution in [2.45, 2.75) is 37.5 Å². The van der Waals surface area contributed by atoms with Gasteiger partial charge in [0.1, 0.15) is 0 Å². The van der Waals surface area contributed by atoms with Crippen molar-refractivity contribution in [3.05, 3.63) is 0 Å². The largest absolute Gasteiger partial charge is 0.331 e. The third-order valence-electron chi connectivity index (χ3n) is 3.70. The molecule has 0 aromatic heterocycles. The second-order valence-corrected chi connectivity index (χ2v) is 7.29. The quantitative estimate of drug-likeness (QED) is 0.817. The van der Waals surface area contributed by atoms with Crippen molar-refractivity contribution in [2.24, 2.45) is 0 Å². The number of likely N-dealkylation sites (tertiary alicyclic amines) is 1. The maximum atomic E-state index is 11.8. The fraction of sp³-hybridized carbons (Fsp3) is 0.923. The molecule has 0 bridgehead atoms. The van der Waals surface area contributed by atoms with Gasteiger partial charge in [-0.05, 0) is 25.8 Å². The van der Waals surface area contributed by atoms with E-state index in [-0.39, 0.29) is 11.3 Å². The molecule has 0 radical (unpaired) electrons. The zero-order valence-electron chi connectivity index (χ0n) is 12.5. The number of hydrogen-bond acceptors (Lipinski definition) is 3. The van der Waals surface area contributed by atoms with E-state index in [1.54, 1.807) is 25.3 Å². The van der Waals surface area contributed by atoms with Gasteiger partial charge < -0.3 is 15.1 Å². The second-order valence-electron chi connectivity index (χ2n) is 5.49. The minimum atomic E-state index is -0.732. The molecule has 1 fully saturated rings. The Hall–Kier alpha value is -0.620. The summed E-state index contributed by atoms with van der Waals surface area (Å²) in [5.41, 5.74) is 0. The van der Waals surface area contributed by atoms with Crippen LogP contribution in [0.25, 0.3) is 0 Å². The highest BCUT2D eigenvalue weighted by Crippen LogP contribution is 2.12. The number of amides is 2. The summed E-state index contributed by atoms with van der Waals surface area (Å²) in [5.74, 6) is 0. The molecule has 6 heteroatoms. The molecular formula is C13H27N3O2S. The van der Waals surface area contributed by atoms with Crippen LogP contribution >= 0.6 is 0 Å². The predicted octanol–water partition coefficient (Wildman–Crippen LogP) is 0.879. The van der Waals surface area contributed by atoms with Crippen LogP contribution in [0.2, 0.25) is 0 Å². The first kappa shape index (κ1) is 16.4. The van der Waals surface area contributed by atoms with Gasteiger partial charge in [-0.2, -0.15) is 0 Å². The van der Waals surface area contributed by atoms with Crippen molar-refractivity contribution in [2.75, 3.05) is 40.0 Å². The molecule has 0 aliphatic carbocycles. The number of hydrogen-bond donors (Lipinski definition) is 1. The van der Waals surface area contributed by atoms with Crippen molar-refractivity contribution in [1.82, 2.24) is 15.1 Å². The summed E-state index contributed by atoms with van der Waals surface area (Å²) >= 11 is 0. The Bertz CT molecular complexity index is 315. The van der Waals surface area contributed by atoms with Crippen molar-refractivity contribution >= 4 is 16.8 Å². The summed E-state index contributed by atoms with van der Waals surface area (Å²) in [6, 6.07) is 0.595. The average Bonchev–Trinajstić information content (AvgIpc) is 2.38. The Balaban J connectivity index is 2.20. The lowest BCUT2D eigenvalue weighted by molar-refractivity contribution is 0.152. The Kier molecular flexibility index (Phi) is 6.79. The summed E-state index contributed by atoms with van der Waals surface area (Å²) in [5, 5.41) is 3.76. The summed E-state index contributed by atoms with van der Waals surface area (Å²) in [7, 11) is 2.85. The molecule has 1 rings (SSSR count). The number of urea groups is 1. The summed E-state index contributed by atoms with van der Waals surface area (Å²) in [6.45, 7) is 4.58. The Morgan fingerprint density at radius 1 is 1.42 bits per heavy atom. The van der Waals surface area contributed by atoms with Gasteiger partial charge in [0, 0.05) is 55.5 Å². The average molecular weight is 289 g/mol. The number of carbonyl (C=O) groups excluding carboxylic acids is 1. The van der Waals surface area contributed by atoms with Crippen LogP contribution in [-0.2, 0) is 10.8 Å². The van der Waals surface area contributed by atoms with Gasteiger partial charge in [-0.25, -0.2) is 4.79 Å². The fourth-order valence-corrected chi connectivity index (χ4v) is 2.66. The molecule has 2 unspecified atom stereocenters. The van der Waals surface area contributed by atoms with Gasteiger partial charge in [-0.15, -0.1) is 0 Å². The van der Waals surface area contributed by atoms with E-state index >= 15 is 0 Å². The summed E-state index contributed by atoms with van der Waals surface area (Å²) in [6.07, 6.45) is 4.71. The molecular weight excluding hydrogens is 262 g/mol. The predicted molar refractivity (Wildman–Crippen MR) is 79.8 cm³/mol. The third-order valence-corrected chi connectivity index (χ3v) is 5.07. The molecule has 0 spiro atoms. The topological polar surface area (TPSA) is 52.7 Å². The van der Waals surface area contributed by atoms with Gasteiger partial charge in [0.25, 0.3) is 0 Å². The zero-order valence-corrected chi connectivity index (χ0v) is 13.3. The highest BCUT2D eigenvalue weighted by molar-refractivity contribution is 7.84. The van der Waals surface area contributed by atoms with Crippen molar-refractivity contribution in [1.29, 1.82) is 0 Å². The summed E-state index contributed by atoms with van der Waals surface area (Å²) < 4.78 is 11.2. The number of nitrogens with zero attached hydrogens (tertiary/aromatic N) is 2. The van der Waals surface area contributed by atoms with E-state index < -0.39 is 10.8 Å². The van der Waals surface area contributed by atoms with Crippen LogP contribution in [0.3, 0.4) is 0 Å². The highest BCUT2D eigenvalue weighted by Gasteiger charge is 2.23. The number of carbonyl (C=O) groups is 1. The molecule has 19 heavy (non-hydrogen) atoms. The van der Waals surface area contributed by atoms with Gasteiger partial charge in [0.2, 0.25) is 0 Å². The lowest BCUT2D eigenvalue weighted by Gasteiger charge is -2.34. The van der Waals surface area contributed by atoms with Crippen LogP contribution in [0.1, 0.15) is 26.2 Å². The lowest BCUT2D eigenvalue weighted by atomic mass is 10.1. The maximum Gasteiger partial charge on any atom is 0.319 e. The smallest absolute Gasteiger partial charge is 0.319 e. The summed E-state index contributed by atoms with van der Waals surface area (Å²) in [4.78, 5) is 15.3. The molecule has 0 saturated carbocycles. The first-order valence-corrected chi connectivity index (χ1v) is 8.55. The first-order chi connectivity index (χ1) is 8.91. The van der Waals surface area contributed by atoms with Gasteiger partial charge in [0.15, 0.2) is 0 Å². The van der Waals surface area contributed by atoms with Crippen molar-refractivity contribution < 1.29 is 9.00 Å². The van der Waals surface area contributed by atoms with E-state index in [0.717, 1.165) is 38.9 Å². The SMILES string of the molecule is CC(CCNC1CCN(C(=O)N(C)C)CC1)S(C)=O. The Morgan fingerprint density at radius 3 is 2.47 bits per heavy atom.